The van der Waals surface area contributed by atoms with Crippen LogP contribution in [-0.2, 0) is 50.5 Å². The van der Waals surface area contributed by atoms with Crippen molar-refractivity contribution in [3.8, 4) is 0 Å². The van der Waals surface area contributed by atoms with Gasteiger partial charge < -0.3 is 26.8 Å². The van der Waals surface area contributed by atoms with Gasteiger partial charge in [0.2, 0.25) is 0 Å². The molecule has 7 N–H and O–H groups in total. The molecule has 4 aliphatic rings. The molecule has 4 aromatic carbocycles. The quantitative estimate of drug-likeness (QED) is 0.131. The molecule has 0 saturated heterocycles. The van der Waals surface area contributed by atoms with Gasteiger partial charge in [0.25, 0.3) is 0 Å². The standard InChI is InChI=1S/C12H16ClNO.C12H14ClNO.C12H15ClO2.C12H13Cl.4C2H6.4CH4.4O.Os/c2*13-10-6-2-1-5-9(10)12(14)8-4-3-7-11(12)15;13-10-6-2-1-5-9(10)12(15)8-4-3-7-11(12)14;13-12-9-5-4-8-11(12)10-6-2-1-3-7-10;4*1-2;;;;;;;;;/h1-2,5-6,11,15H,3-4,7-8,14H2;1-2,5-6H,3-4,7-8,14H2;1-2,5-6,11,14-15H,3-4,7-8H2;4-6,8-9H,1-3,7H2;4*1-2H3;4*1H4;;;;;. The molecule has 5 unspecified atom stereocenters. The van der Waals surface area contributed by atoms with Gasteiger partial charge >= 0.3 is 29.0 Å². The van der Waals surface area contributed by atoms with Crippen LogP contribution < -0.4 is 11.5 Å². The Morgan fingerprint density at radius 2 is 0.880 bits per heavy atom. The van der Waals surface area contributed by atoms with Crippen LogP contribution in [0.5, 0.6) is 0 Å². The van der Waals surface area contributed by atoms with Crippen LogP contribution in [0.4, 0.5) is 0 Å². The van der Waals surface area contributed by atoms with Gasteiger partial charge in [-0.2, -0.15) is 0 Å². The number of allylic oxidation sites excluding steroid dienone is 2. The molecule has 0 aliphatic heterocycles. The number of aliphatic hydroxyl groups is 3. The number of carbonyl (C=O) groups excluding carboxylic acids is 1. The van der Waals surface area contributed by atoms with E-state index in [1.807, 2.05) is 122 Å². The van der Waals surface area contributed by atoms with Crippen LogP contribution in [0.15, 0.2) is 103 Å². The number of hydrogen-bond donors (Lipinski definition) is 5. The van der Waals surface area contributed by atoms with E-state index in [4.69, 9.17) is 72.0 Å². The summed E-state index contributed by atoms with van der Waals surface area (Å²) in [6.45, 7) is 16.0. The van der Waals surface area contributed by atoms with Crippen LogP contribution in [0, 0.1) is 0 Å². The molecule has 3 fully saturated rings. The SMILES string of the molecule is C.C.C.C.CC.CC.CC.CC.Clc1ccccc1C1=CCCCC1.NC1(c2ccccc2Cl)CCCCC1=O.NC1(c2ccccc2Cl)CCCCC1O.OC1CCCCC1(O)c1ccccc1Cl.[O]=[Os](=[O])(=[O])=[O]. The number of carbonyl (C=O) groups is 1. The first-order valence-electron chi connectivity index (χ1n) is 25.3. The summed E-state index contributed by atoms with van der Waals surface area (Å²) < 4.78 is 34.5. The Labute approximate surface area is 477 Å². The van der Waals surface area contributed by atoms with E-state index in [-0.39, 0.29) is 35.5 Å². The first-order chi connectivity index (χ1) is 33.8. The minimum absolute atomic E-state index is 0. The second-order valence-electron chi connectivity index (χ2n) is 16.3. The molecule has 5 atom stereocenters. The van der Waals surface area contributed by atoms with Crippen molar-refractivity contribution in [2.75, 3.05) is 0 Å². The van der Waals surface area contributed by atoms with Gasteiger partial charge in [-0.15, -0.1) is 0 Å². The number of hydrogen-bond acceptors (Lipinski definition) is 10. The van der Waals surface area contributed by atoms with Gasteiger partial charge in [-0.1, -0.05) is 242 Å². The van der Waals surface area contributed by atoms with Crippen molar-refractivity contribution in [3.05, 3.63) is 145 Å². The Bertz CT molecular complexity index is 2320. The van der Waals surface area contributed by atoms with Gasteiger partial charge in [-0.25, -0.2) is 0 Å². The van der Waals surface area contributed by atoms with E-state index >= 15 is 0 Å². The first kappa shape index (κ1) is 80.9. The molecular weight excluding hydrogens is 1210 g/mol. The van der Waals surface area contributed by atoms with Crippen LogP contribution >= 0.6 is 46.4 Å². The van der Waals surface area contributed by atoms with Crippen molar-refractivity contribution in [1.82, 2.24) is 0 Å². The van der Waals surface area contributed by atoms with Crippen molar-refractivity contribution >= 4 is 57.8 Å². The maximum absolute atomic E-state index is 11.9. The number of ketones is 1. The number of halogens is 4. The molecule has 432 valence electrons. The zero-order valence-corrected chi connectivity index (χ0v) is 48.8. The van der Waals surface area contributed by atoms with Crippen molar-refractivity contribution in [3.63, 3.8) is 0 Å². The van der Waals surface area contributed by atoms with Crippen molar-refractivity contribution in [1.29, 1.82) is 0 Å². The van der Waals surface area contributed by atoms with E-state index in [0.717, 1.165) is 67.5 Å². The third-order valence-corrected chi connectivity index (χ3v) is 13.4. The number of aliphatic hydroxyl groups excluding tert-OH is 2. The van der Waals surface area contributed by atoms with E-state index in [9.17, 15) is 20.1 Å². The summed E-state index contributed by atoms with van der Waals surface area (Å²) >= 11 is 18.3. The average Bonchev–Trinajstić information content (AvgIpc) is 3.38. The third-order valence-electron chi connectivity index (χ3n) is 12.1. The summed E-state index contributed by atoms with van der Waals surface area (Å²) in [5.41, 5.74) is 14.8. The molecule has 0 radical (unpaired) electrons. The molecule has 4 aromatic rings. The second-order valence-corrected chi connectivity index (χ2v) is 20.5. The van der Waals surface area contributed by atoms with Crippen LogP contribution in [0.3, 0.4) is 0 Å². The Balaban J connectivity index is -0.000000265. The predicted octanol–water partition coefficient (Wildman–Crippen LogP) is 18.0. The third kappa shape index (κ3) is 26.5. The van der Waals surface area contributed by atoms with Gasteiger partial charge in [0.05, 0.1) is 17.7 Å². The minimum atomic E-state index is -6.06. The fourth-order valence-corrected chi connectivity index (χ4v) is 9.73. The Morgan fingerprint density at radius 3 is 1.29 bits per heavy atom. The Hall–Kier alpha value is -2.91. The zero-order chi connectivity index (χ0) is 54.3. The first-order valence-corrected chi connectivity index (χ1v) is 30.9. The summed E-state index contributed by atoms with van der Waals surface area (Å²) in [6.07, 6.45) is 16.2. The molecule has 0 spiro atoms. The van der Waals surface area contributed by atoms with Crippen LogP contribution in [0.2, 0.25) is 20.1 Å². The molecule has 10 nitrogen and oxygen atoms in total. The number of rotatable bonds is 4. The van der Waals surface area contributed by atoms with Crippen molar-refractivity contribution in [2.24, 2.45) is 11.5 Å². The van der Waals surface area contributed by atoms with E-state index in [1.54, 1.807) is 18.2 Å². The second kappa shape index (κ2) is 43.0. The van der Waals surface area contributed by atoms with Crippen molar-refractivity contribution in [2.45, 2.75) is 217 Å². The monoisotopic (exact) mass is 1310 g/mol. The molecule has 8 rings (SSSR count). The molecular formula is C60H98Cl4N2O8Os. The maximum atomic E-state index is 11.9. The van der Waals surface area contributed by atoms with Gasteiger partial charge in [0, 0.05) is 32.1 Å². The predicted molar refractivity (Wildman–Crippen MR) is 315 cm³/mol. The van der Waals surface area contributed by atoms with E-state index in [0.29, 0.717) is 46.3 Å². The van der Waals surface area contributed by atoms with Gasteiger partial charge in [-0.05, 0) is 111 Å². The number of nitrogens with two attached hydrogens (primary N) is 2. The van der Waals surface area contributed by atoms with E-state index in [2.05, 4.69) is 18.2 Å². The van der Waals surface area contributed by atoms with Crippen molar-refractivity contribution < 1.29 is 49.1 Å². The normalized spacial score (nSPS) is 21.9. The summed E-state index contributed by atoms with van der Waals surface area (Å²) in [5, 5.41) is 33.0. The van der Waals surface area contributed by atoms with Crippen LogP contribution in [0.1, 0.15) is 210 Å². The average molecular weight is 1310 g/mol. The molecule has 0 bridgehead atoms. The molecule has 3 saturated carbocycles. The molecule has 75 heavy (non-hydrogen) atoms. The zero-order valence-electron chi connectivity index (χ0n) is 43.2. The fraction of sp³-hybridized carbons (Fsp3) is 0.550. The van der Waals surface area contributed by atoms with E-state index < -0.39 is 43.7 Å². The summed E-state index contributed by atoms with van der Waals surface area (Å²) in [6, 6.07) is 30.2. The Morgan fingerprint density at radius 1 is 0.493 bits per heavy atom. The van der Waals surface area contributed by atoms with Gasteiger partial charge in [-0.3, -0.25) is 4.79 Å². The Kier molecular flexibility index (Phi) is 46.4. The molecule has 0 amide bonds. The number of benzene rings is 4. The molecule has 4 aliphatic carbocycles. The van der Waals surface area contributed by atoms with Crippen LogP contribution in [0.25, 0.3) is 5.57 Å². The van der Waals surface area contributed by atoms with Gasteiger partial charge in [0.15, 0.2) is 5.78 Å². The van der Waals surface area contributed by atoms with E-state index in [1.165, 1.54) is 36.8 Å². The summed E-state index contributed by atoms with van der Waals surface area (Å²) in [7, 11) is 0. The summed E-state index contributed by atoms with van der Waals surface area (Å²) in [5.74, 6) is 0.113. The molecule has 0 aromatic heterocycles. The number of Topliss-reactive ketones (excluding diaryl/α,β-unsaturated/α-hetero) is 1. The van der Waals surface area contributed by atoms with Gasteiger partial charge in [0.1, 0.15) is 11.1 Å². The molecule has 0 heterocycles. The summed E-state index contributed by atoms with van der Waals surface area (Å²) in [4.78, 5) is 11.9. The van der Waals surface area contributed by atoms with Crippen LogP contribution in [-0.4, -0.2) is 33.3 Å². The topological polar surface area (TPSA) is 198 Å². The molecule has 15 heteroatoms. The fourth-order valence-electron chi connectivity index (χ4n) is 8.56.